The molecule has 0 fully saturated rings. The van der Waals surface area contributed by atoms with E-state index in [-0.39, 0.29) is 105 Å². The number of anilines is 5. The summed E-state index contributed by atoms with van der Waals surface area (Å²) in [5, 5.41) is 7.61. The van der Waals surface area contributed by atoms with Crippen molar-refractivity contribution in [2.24, 2.45) is 0 Å². The van der Waals surface area contributed by atoms with Gasteiger partial charge in [-0.2, -0.15) is 0 Å². The van der Waals surface area contributed by atoms with Crippen LogP contribution in [0.3, 0.4) is 0 Å². The van der Waals surface area contributed by atoms with Gasteiger partial charge in [-0.1, -0.05) is 343 Å². The van der Waals surface area contributed by atoms with Crippen LogP contribution in [0.2, 0.25) is 0 Å². The topological polar surface area (TPSA) is 25.1 Å². The SMILES string of the molecule is [2H]c1c([2H])c(-c2ccc(-c3ccccc3)cc2)c([2H])c([2H])c1Br.[2H]c1c([2H])c(-c2ccccc2)c([2H])c([2H])c1Nc1cccc(-c2ccc3c(c2)c2ccccc2n3-c2ccccc2)c1.[2H]c1c([2H])c(N(c2cccc(-c3ccc4c(c3)c3ccccc3n4-c3ccccc3)c2)c2c([2H])c([2H])c(-c3ccc(-c4ccccc4)cc3)c([2H])c2[2H])c([2H])c([2H])c1-c1ccccc1. The Morgan fingerprint density at radius 3 is 0.912 bits per heavy atom. The van der Waals surface area contributed by atoms with Crippen molar-refractivity contribution < 1.29 is 21.9 Å². The molecule has 20 aromatic rings. The number of hydrogen-bond donors (Lipinski definition) is 1. The second-order valence-corrected chi connectivity index (χ2v) is 27.7. The lowest BCUT2D eigenvalue weighted by atomic mass is 9.99. The lowest BCUT2D eigenvalue weighted by Gasteiger charge is -2.26. The van der Waals surface area contributed by atoms with Crippen LogP contribution in [0.5, 0.6) is 0 Å². The number of aromatic nitrogens is 2. The molecule has 0 aliphatic carbocycles. The summed E-state index contributed by atoms with van der Waals surface area (Å²) in [6, 6.07) is 114. The van der Waals surface area contributed by atoms with Gasteiger partial charge >= 0.3 is 0 Å². The molecule has 0 atom stereocenters. The highest BCUT2D eigenvalue weighted by Gasteiger charge is 2.19. The minimum absolute atomic E-state index is 0.0367. The molecule has 0 amide bonds. The molecule has 2 heterocycles. The minimum atomic E-state index is -0.396. The molecule has 4 nitrogen and oxygen atoms in total. The molecular weight excluding hydrogens is 1430 g/mol. The lowest BCUT2D eigenvalue weighted by molar-refractivity contribution is 1.18. The van der Waals surface area contributed by atoms with E-state index in [2.05, 4.69) is 134 Å². The molecule has 0 bridgehead atoms. The number of halogens is 1. The molecule has 0 spiro atoms. The fourth-order valence-electron chi connectivity index (χ4n) is 14.3. The van der Waals surface area contributed by atoms with Crippen molar-refractivity contribution in [2.75, 3.05) is 10.2 Å². The smallest absolute Gasteiger partial charge is 0.0645 e. The Morgan fingerprint density at radius 2 is 0.496 bits per heavy atom. The average molecular weight is 1530 g/mol. The zero-order valence-corrected chi connectivity index (χ0v) is 62.4. The second kappa shape index (κ2) is 32.4. The summed E-state index contributed by atoms with van der Waals surface area (Å²) in [5.41, 5.74) is 18.2. The summed E-state index contributed by atoms with van der Waals surface area (Å²) in [5.74, 6) is 0. The van der Waals surface area contributed by atoms with E-state index in [9.17, 15) is 11.0 Å². The first kappa shape index (κ1) is 54.3. The molecule has 0 saturated carbocycles. The molecule has 0 saturated heterocycles. The maximum atomic E-state index is 9.56. The lowest BCUT2D eigenvalue weighted by Crippen LogP contribution is -2.10. The van der Waals surface area contributed by atoms with Crippen LogP contribution in [0.25, 0.3) is 144 Å². The molecule has 5 heteroatoms. The highest BCUT2D eigenvalue weighted by molar-refractivity contribution is 9.10. The monoisotopic (exact) mass is 1520 g/mol. The fraction of sp³-hybridized carbons (Fsp3) is 0. The first-order valence-electron chi connectivity index (χ1n) is 45.1. The third kappa shape index (κ3) is 15.3. The van der Waals surface area contributed by atoms with Crippen LogP contribution in [0.15, 0.2) is 465 Å². The molecule has 113 heavy (non-hydrogen) atoms. The maximum Gasteiger partial charge on any atom is 0.0645 e. The predicted octanol–water partition coefficient (Wildman–Crippen LogP) is 30.6. The highest BCUT2D eigenvalue weighted by atomic mass is 79.9. The minimum Gasteiger partial charge on any atom is -0.356 e. The number of benzene rings is 18. The third-order valence-electron chi connectivity index (χ3n) is 19.9. The molecule has 18 aromatic carbocycles. The van der Waals surface area contributed by atoms with E-state index in [1.165, 1.54) is 10.3 Å². The third-order valence-corrected chi connectivity index (χ3v) is 20.3. The zero-order valence-electron chi connectivity index (χ0n) is 76.9. The molecule has 0 aliphatic rings. The molecule has 0 unspecified atom stereocenters. The Labute approximate surface area is 691 Å². The van der Waals surface area contributed by atoms with E-state index in [1.54, 1.807) is 54.6 Å². The highest BCUT2D eigenvalue weighted by Crippen LogP contribution is 2.42. The largest absolute Gasteiger partial charge is 0.356 e. The molecule has 1 N–H and O–H groups in total. The molecule has 20 rings (SSSR count). The van der Waals surface area contributed by atoms with Crippen LogP contribution >= 0.6 is 15.9 Å². The molecular formula is C108H77BrN4. The van der Waals surface area contributed by atoms with Crippen molar-refractivity contribution in [1.82, 2.24) is 9.13 Å². The van der Waals surface area contributed by atoms with Crippen molar-refractivity contribution in [3.63, 3.8) is 0 Å². The van der Waals surface area contributed by atoms with Gasteiger partial charge in [-0.25, -0.2) is 0 Å². The normalized spacial score (nSPS) is 13.0. The Hall–Kier alpha value is -14.4. The van der Waals surface area contributed by atoms with Gasteiger partial charge in [-0.05, 0) is 222 Å². The van der Waals surface area contributed by atoms with Crippen molar-refractivity contribution in [3.8, 4) is 100 Å². The average Bonchev–Trinajstić information content (AvgIpc) is 1.69. The summed E-state index contributed by atoms with van der Waals surface area (Å²) >= 11 is 3.11. The van der Waals surface area contributed by atoms with Crippen molar-refractivity contribution >= 4 is 88.0 Å². The van der Waals surface area contributed by atoms with Gasteiger partial charge < -0.3 is 19.4 Å². The second-order valence-electron chi connectivity index (χ2n) is 26.9. The summed E-state index contributed by atoms with van der Waals surface area (Å²) in [6.07, 6.45) is 0. The number of rotatable bonds is 15. The van der Waals surface area contributed by atoms with Gasteiger partial charge in [0.05, 0.1) is 44.0 Å². The standard InChI is InChI=1S/C54H38N2.C36H26N2.C18H13Br/c1-4-13-39(14-5-1)41-23-25-42(26-24-41)44-29-34-49(35-30-44)55(48-32-27-43(28-33-48)40-15-6-2-7-16-40)50-20-12-17-45(37-50)46-31-36-54-52(38-46)51-21-10-11-22-53(51)56(54)47-18-8-3-9-19-47;1-3-10-26(11-4-1)27-18-21-30(22-19-27)37-31-13-9-12-28(24-31)29-20-23-36-34(25-29)33-16-7-8-17-35(33)38(36)32-14-5-2-6-15-32;19-18-12-10-17(11-13-18)16-8-6-15(7-9-16)14-4-2-1-3-5-14/h1-38H;1-25,37H;1-13H/i27D,28D,29D,30D,32D,33D,34D,35D;18D,19D,21D,22D;10D,11D,12D,13D. The van der Waals surface area contributed by atoms with Gasteiger partial charge in [-0.3, -0.25) is 0 Å². The summed E-state index contributed by atoms with van der Waals surface area (Å²) in [4.78, 5) is 1.36. The van der Waals surface area contributed by atoms with Gasteiger partial charge in [0, 0.05) is 65.8 Å². The van der Waals surface area contributed by atoms with E-state index in [1.807, 2.05) is 206 Å². The Balaban J connectivity index is 0.000000147. The number of nitrogens with zero attached hydrogens (tertiary/aromatic N) is 3. The summed E-state index contributed by atoms with van der Waals surface area (Å²) < 4.78 is 147. The van der Waals surface area contributed by atoms with Gasteiger partial charge in [0.2, 0.25) is 0 Å². The van der Waals surface area contributed by atoms with Crippen LogP contribution in [0.4, 0.5) is 28.4 Å². The van der Waals surface area contributed by atoms with E-state index in [0.717, 1.165) is 94.1 Å². The van der Waals surface area contributed by atoms with Crippen molar-refractivity contribution in [1.29, 1.82) is 0 Å². The van der Waals surface area contributed by atoms with E-state index in [4.69, 9.17) is 11.0 Å². The quantitative estimate of drug-likeness (QED) is 0.111. The van der Waals surface area contributed by atoms with Crippen LogP contribution < -0.4 is 10.2 Å². The van der Waals surface area contributed by atoms with E-state index in [0.29, 0.717) is 44.8 Å². The summed E-state index contributed by atoms with van der Waals surface area (Å²) in [6.45, 7) is 0. The van der Waals surface area contributed by atoms with Crippen molar-refractivity contribution in [3.05, 3.63) is 465 Å². The molecule has 0 radical (unpaired) electrons. The van der Waals surface area contributed by atoms with Gasteiger partial charge in [0.15, 0.2) is 0 Å². The fourth-order valence-corrected chi connectivity index (χ4v) is 14.5. The summed E-state index contributed by atoms with van der Waals surface area (Å²) in [7, 11) is 0. The first-order chi connectivity index (χ1) is 62.6. The number of hydrogen-bond acceptors (Lipinski definition) is 2. The number of para-hydroxylation sites is 4. The predicted molar refractivity (Wildman–Crippen MR) is 484 cm³/mol. The Bertz CT molecular complexity index is 7580. The molecule has 2 aromatic heterocycles. The van der Waals surface area contributed by atoms with Crippen LogP contribution in [0.1, 0.15) is 21.9 Å². The number of fused-ring (bicyclic) bond motifs is 6. The maximum absolute atomic E-state index is 9.56. The van der Waals surface area contributed by atoms with Gasteiger partial charge in [0.25, 0.3) is 0 Å². The zero-order chi connectivity index (χ0) is 89.6. The Kier molecular flexibility index (Phi) is 15.6. The number of nitrogens with one attached hydrogen (secondary N) is 1. The van der Waals surface area contributed by atoms with Crippen molar-refractivity contribution in [2.45, 2.75) is 0 Å². The van der Waals surface area contributed by atoms with E-state index < -0.39 is 24.2 Å². The van der Waals surface area contributed by atoms with Crippen LogP contribution in [0, 0.1) is 0 Å². The molecule has 0 aliphatic heterocycles. The first-order valence-corrected chi connectivity index (χ1v) is 37.9. The van der Waals surface area contributed by atoms with Crippen LogP contribution in [-0.4, -0.2) is 9.13 Å². The molecule has 536 valence electrons. The van der Waals surface area contributed by atoms with Crippen LogP contribution in [-0.2, 0) is 0 Å². The Morgan fingerprint density at radius 1 is 0.204 bits per heavy atom. The van der Waals surface area contributed by atoms with E-state index >= 15 is 0 Å². The van der Waals surface area contributed by atoms with Gasteiger partial charge in [-0.15, -0.1) is 0 Å². The van der Waals surface area contributed by atoms with Gasteiger partial charge in [0.1, 0.15) is 0 Å².